The molecule has 4 aromatic rings. The van der Waals surface area contributed by atoms with Crippen molar-refractivity contribution in [3.63, 3.8) is 0 Å². The number of hydrogen-bond acceptors (Lipinski definition) is 7. The van der Waals surface area contributed by atoms with E-state index in [0.717, 1.165) is 10.9 Å². The average Bonchev–Trinajstić information content (AvgIpc) is 3.44. The molecule has 0 spiro atoms. The first kappa shape index (κ1) is 18.8. The van der Waals surface area contributed by atoms with Crippen molar-refractivity contribution in [3.05, 3.63) is 88.3 Å². The Hall–Kier alpha value is -3.20. The van der Waals surface area contributed by atoms with Crippen LogP contribution in [0.3, 0.4) is 0 Å². The van der Waals surface area contributed by atoms with Crippen molar-refractivity contribution in [1.82, 2.24) is 14.8 Å². The van der Waals surface area contributed by atoms with Gasteiger partial charge in [0.25, 0.3) is 0 Å². The third kappa shape index (κ3) is 3.45. The van der Waals surface area contributed by atoms with Crippen LogP contribution in [0, 0.1) is 0 Å². The molecular formula is C21H16ClN3O5. The Balaban J connectivity index is 1.35. The molecule has 2 atom stereocenters. The molecule has 30 heavy (non-hydrogen) atoms. The van der Waals surface area contributed by atoms with E-state index >= 15 is 0 Å². The van der Waals surface area contributed by atoms with Crippen LogP contribution in [0.1, 0.15) is 5.56 Å². The fourth-order valence-electron chi connectivity index (χ4n) is 3.34. The Labute approximate surface area is 175 Å². The molecule has 1 saturated heterocycles. The van der Waals surface area contributed by atoms with Crippen LogP contribution >= 0.6 is 11.6 Å². The summed E-state index contributed by atoms with van der Waals surface area (Å²) in [6.45, 7) is 0.553. The van der Waals surface area contributed by atoms with Gasteiger partial charge in [-0.1, -0.05) is 23.7 Å². The van der Waals surface area contributed by atoms with Crippen LogP contribution in [0.4, 0.5) is 0 Å². The summed E-state index contributed by atoms with van der Waals surface area (Å²) in [6, 6.07) is 15.5. The van der Waals surface area contributed by atoms with E-state index in [0.29, 0.717) is 23.0 Å². The molecule has 2 aromatic heterocycles. The highest BCUT2D eigenvalue weighted by Gasteiger charge is 2.46. The van der Waals surface area contributed by atoms with Gasteiger partial charge in [-0.3, -0.25) is 0 Å². The Morgan fingerprint density at radius 1 is 1.17 bits per heavy atom. The highest BCUT2D eigenvalue weighted by molar-refractivity contribution is 6.30. The third-order valence-corrected chi connectivity index (χ3v) is 5.00. The molecule has 2 aromatic carbocycles. The molecule has 0 N–H and O–H groups in total. The Kier molecular flexibility index (Phi) is 4.74. The maximum Gasteiger partial charge on any atom is 0.336 e. The minimum absolute atomic E-state index is 0.256. The molecule has 0 saturated carbocycles. The van der Waals surface area contributed by atoms with E-state index in [4.69, 9.17) is 30.2 Å². The average molecular weight is 426 g/mol. The predicted molar refractivity (Wildman–Crippen MR) is 107 cm³/mol. The van der Waals surface area contributed by atoms with Crippen LogP contribution < -0.4 is 10.4 Å². The predicted octanol–water partition coefficient (Wildman–Crippen LogP) is 3.19. The molecule has 0 aliphatic carbocycles. The fraction of sp³-hybridized carbons (Fsp3) is 0.190. The van der Waals surface area contributed by atoms with Crippen molar-refractivity contribution in [3.8, 4) is 5.75 Å². The standard InChI is InChI=1S/C21H16ClN3O5/c22-16-4-2-15(3-5-16)21(25-13-23-12-24-25)28-11-18(30-21)10-27-17-6-7-19-14(9-17)1-8-20(26)29-19/h1-9,12-13,18H,10-11H2. The summed E-state index contributed by atoms with van der Waals surface area (Å²) in [5, 5.41) is 5.59. The summed E-state index contributed by atoms with van der Waals surface area (Å²) in [6.07, 6.45) is 2.60. The van der Waals surface area contributed by atoms with Crippen molar-refractivity contribution in [2.75, 3.05) is 13.2 Å². The molecule has 8 nitrogen and oxygen atoms in total. The zero-order chi connectivity index (χ0) is 20.6. The monoisotopic (exact) mass is 425 g/mol. The molecule has 5 rings (SSSR count). The number of nitrogens with zero attached hydrogens (tertiary/aromatic N) is 3. The number of ether oxygens (including phenoxy) is 3. The van der Waals surface area contributed by atoms with E-state index in [-0.39, 0.29) is 18.3 Å². The summed E-state index contributed by atoms with van der Waals surface area (Å²) in [4.78, 5) is 15.3. The normalized spacial score (nSPS) is 21.2. The van der Waals surface area contributed by atoms with Crippen LogP contribution in [0.2, 0.25) is 5.02 Å². The lowest BCUT2D eigenvalue weighted by Gasteiger charge is -2.28. The van der Waals surface area contributed by atoms with Gasteiger partial charge in [0.2, 0.25) is 0 Å². The molecule has 0 radical (unpaired) electrons. The van der Waals surface area contributed by atoms with Crippen molar-refractivity contribution in [2.45, 2.75) is 12.0 Å². The zero-order valence-corrected chi connectivity index (χ0v) is 16.4. The molecular weight excluding hydrogens is 410 g/mol. The molecule has 0 amide bonds. The van der Waals surface area contributed by atoms with Crippen molar-refractivity contribution in [1.29, 1.82) is 0 Å². The summed E-state index contributed by atoms with van der Waals surface area (Å²) in [5.41, 5.74) is 0.850. The van der Waals surface area contributed by atoms with Gasteiger partial charge in [0.05, 0.1) is 6.61 Å². The van der Waals surface area contributed by atoms with Crippen molar-refractivity contribution in [2.24, 2.45) is 0 Å². The summed E-state index contributed by atoms with van der Waals surface area (Å²) >= 11 is 6.02. The Morgan fingerprint density at radius 3 is 2.83 bits per heavy atom. The minimum atomic E-state index is -1.25. The Morgan fingerprint density at radius 2 is 2.03 bits per heavy atom. The summed E-state index contributed by atoms with van der Waals surface area (Å²) in [5.74, 6) is -0.619. The van der Waals surface area contributed by atoms with E-state index < -0.39 is 5.91 Å². The van der Waals surface area contributed by atoms with E-state index in [1.165, 1.54) is 23.4 Å². The highest BCUT2D eigenvalue weighted by atomic mass is 35.5. The number of benzene rings is 2. The maximum atomic E-state index is 11.3. The second-order valence-corrected chi connectivity index (χ2v) is 7.18. The number of rotatable bonds is 5. The summed E-state index contributed by atoms with van der Waals surface area (Å²) in [7, 11) is 0. The molecule has 1 fully saturated rings. The first-order valence-corrected chi connectivity index (χ1v) is 9.60. The van der Waals surface area contributed by atoms with Gasteiger partial charge in [-0.2, -0.15) is 9.78 Å². The molecule has 1 aliphatic heterocycles. The van der Waals surface area contributed by atoms with E-state index in [2.05, 4.69) is 10.1 Å². The van der Waals surface area contributed by atoms with Crippen LogP contribution in [-0.2, 0) is 15.4 Å². The van der Waals surface area contributed by atoms with Crippen LogP contribution in [0.5, 0.6) is 5.75 Å². The summed E-state index contributed by atoms with van der Waals surface area (Å²) < 4.78 is 24.9. The number of fused-ring (bicyclic) bond motifs is 1. The van der Waals surface area contributed by atoms with Crippen LogP contribution in [-0.4, -0.2) is 34.1 Å². The van der Waals surface area contributed by atoms with Crippen molar-refractivity contribution >= 4 is 22.6 Å². The van der Waals surface area contributed by atoms with Gasteiger partial charge in [-0.05, 0) is 36.4 Å². The second-order valence-electron chi connectivity index (χ2n) is 6.74. The van der Waals surface area contributed by atoms with Crippen LogP contribution in [0.15, 0.2) is 76.5 Å². The van der Waals surface area contributed by atoms with Crippen molar-refractivity contribution < 1.29 is 18.6 Å². The van der Waals surface area contributed by atoms with Gasteiger partial charge in [0.15, 0.2) is 0 Å². The molecule has 1 aliphatic rings. The molecule has 3 heterocycles. The van der Waals surface area contributed by atoms with E-state index in [1.54, 1.807) is 36.4 Å². The van der Waals surface area contributed by atoms with E-state index in [9.17, 15) is 4.79 Å². The number of halogens is 1. The van der Waals surface area contributed by atoms with E-state index in [1.807, 2.05) is 12.1 Å². The molecule has 0 bridgehead atoms. The van der Waals surface area contributed by atoms with Gasteiger partial charge < -0.3 is 18.6 Å². The zero-order valence-electron chi connectivity index (χ0n) is 15.6. The first-order chi connectivity index (χ1) is 14.6. The lowest BCUT2D eigenvalue weighted by atomic mass is 10.1. The second kappa shape index (κ2) is 7.56. The first-order valence-electron chi connectivity index (χ1n) is 9.22. The lowest BCUT2D eigenvalue weighted by Crippen LogP contribution is -2.37. The van der Waals surface area contributed by atoms with Gasteiger partial charge in [0, 0.05) is 22.0 Å². The molecule has 152 valence electrons. The largest absolute Gasteiger partial charge is 0.491 e. The smallest absolute Gasteiger partial charge is 0.336 e. The lowest BCUT2D eigenvalue weighted by molar-refractivity contribution is -0.208. The molecule has 2 unspecified atom stereocenters. The van der Waals surface area contributed by atoms with Gasteiger partial charge in [0.1, 0.15) is 36.7 Å². The maximum absolute atomic E-state index is 11.3. The third-order valence-electron chi connectivity index (χ3n) is 4.75. The van der Waals surface area contributed by atoms with Gasteiger partial charge >= 0.3 is 11.5 Å². The van der Waals surface area contributed by atoms with Gasteiger partial charge in [-0.15, -0.1) is 0 Å². The quantitative estimate of drug-likeness (QED) is 0.453. The minimum Gasteiger partial charge on any atom is -0.491 e. The topological polar surface area (TPSA) is 88.6 Å². The Bertz CT molecular complexity index is 1230. The fourth-order valence-corrected chi connectivity index (χ4v) is 3.46. The number of hydrogen-bond donors (Lipinski definition) is 0. The van der Waals surface area contributed by atoms with Gasteiger partial charge in [-0.25, -0.2) is 9.78 Å². The SMILES string of the molecule is O=c1ccc2cc(OCC3COC(c4ccc(Cl)cc4)(n4cncn4)O3)ccc2o1. The number of aromatic nitrogens is 3. The molecule has 9 heteroatoms. The highest BCUT2D eigenvalue weighted by Crippen LogP contribution is 2.36. The van der Waals surface area contributed by atoms with Crippen LogP contribution in [0.25, 0.3) is 11.0 Å².